The van der Waals surface area contributed by atoms with E-state index in [4.69, 9.17) is 0 Å². The quantitative estimate of drug-likeness (QED) is 0.752. The summed E-state index contributed by atoms with van der Waals surface area (Å²) in [5.74, 6) is 1.02. The number of hydrogen-bond donors (Lipinski definition) is 1. The van der Waals surface area contributed by atoms with Crippen molar-refractivity contribution in [2.45, 2.75) is 0 Å². The van der Waals surface area contributed by atoms with Crippen LogP contribution in [0.3, 0.4) is 0 Å². The van der Waals surface area contributed by atoms with E-state index in [0.29, 0.717) is 0 Å². The molecule has 3 aromatic rings. The first kappa shape index (κ1) is 12.2. The summed E-state index contributed by atoms with van der Waals surface area (Å²) in [6, 6.07) is 23.7. The normalized spacial score (nSPS) is 14.0. The average molecular weight is 272 g/mol. The van der Waals surface area contributed by atoms with E-state index in [1.54, 1.807) is 0 Å². The maximum absolute atomic E-state index is 4.48. The number of rotatable bonds is 2. The van der Waals surface area contributed by atoms with E-state index in [2.05, 4.69) is 71.0 Å². The highest BCUT2D eigenvalue weighted by Gasteiger charge is 2.08. The second kappa shape index (κ2) is 5.06. The molecule has 0 spiro atoms. The van der Waals surface area contributed by atoms with Crippen molar-refractivity contribution in [3.05, 3.63) is 72.3 Å². The Kier molecular flexibility index (Phi) is 2.93. The average Bonchev–Trinajstić information content (AvgIpc) is 3.09. The molecule has 1 aliphatic rings. The van der Waals surface area contributed by atoms with Crippen LogP contribution in [0.2, 0.25) is 0 Å². The van der Waals surface area contributed by atoms with Crippen molar-refractivity contribution in [2.24, 2.45) is 4.99 Å². The van der Waals surface area contributed by atoms with Crippen molar-refractivity contribution in [1.29, 1.82) is 0 Å². The Morgan fingerprint density at radius 3 is 2.14 bits per heavy atom. The summed E-state index contributed by atoms with van der Waals surface area (Å²) < 4.78 is 0. The lowest BCUT2D eigenvalue weighted by molar-refractivity contribution is 0.960. The largest absolute Gasteiger partial charge is 0.368 e. The minimum atomic E-state index is 0.875. The van der Waals surface area contributed by atoms with Gasteiger partial charge in [0.15, 0.2) is 0 Å². The molecule has 102 valence electrons. The van der Waals surface area contributed by atoms with Crippen LogP contribution in [0.5, 0.6) is 0 Å². The van der Waals surface area contributed by atoms with Crippen molar-refractivity contribution in [1.82, 2.24) is 5.32 Å². The lowest BCUT2D eigenvalue weighted by Crippen LogP contribution is -2.19. The Hall–Kier alpha value is -2.61. The Labute approximate surface area is 124 Å². The highest BCUT2D eigenvalue weighted by molar-refractivity contribution is 6.03. The standard InChI is InChI=1S/C19H16N2/c1-2-4-14(5-3-1)15-6-7-17-13-18(9-8-16(17)12-15)19-20-10-11-21-19/h1-9,12-13H,10-11H2,(H,20,21). The summed E-state index contributed by atoms with van der Waals surface area (Å²) in [4.78, 5) is 4.48. The second-order valence-electron chi connectivity index (χ2n) is 5.30. The first-order valence-corrected chi connectivity index (χ1v) is 7.28. The fourth-order valence-corrected chi connectivity index (χ4v) is 2.79. The van der Waals surface area contributed by atoms with Gasteiger partial charge in [0, 0.05) is 12.1 Å². The lowest BCUT2D eigenvalue weighted by Gasteiger charge is -2.07. The molecular formula is C19H16N2. The first-order valence-electron chi connectivity index (χ1n) is 7.28. The van der Waals surface area contributed by atoms with Gasteiger partial charge in [-0.15, -0.1) is 0 Å². The Morgan fingerprint density at radius 1 is 0.714 bits per heavy atom. The van der Waals surface area contributed by atoms with Crippen LogP contribution in [0.4, 0.5) is 0 Å². The summed E-state index contributed by atoms with van der Waals surface area (Å²) in [6.07, 6.45) is 0. The van der Waals surface area contributed by atoms with E-state index < -0.39 is 0 Å². The van der Waals surface area contributed by atoms with Gasteiger partial charge in [-0.3, -0.25) is 4.99 Å². The Morgan fingerprint density at radius 2 is 1.43 bits per heavy atom. The maximum Gasteiger partial charge on any atom is 0.128 e. The molecule has 0 fully saturated rings. The molecule has 2 heteroatoms. The van der Waals surface area contributed by atoms with Gasteiger partial charge in [-0.05, 0) is 34.0 Å². The van der Waals surface area contributed by atoms with Gasteiger partial charge in [0.1, 0.15) is 5.84 Å². The topological polar surface area (TPSA) is 24.4 Å². The van der Waals surface area contributed by atoms with Gasteiger partial charge in [0.25, 0.3) is 0 Å². The summed E-state index contributed by atoms with van der Waals surface area (Å²) in [5.41, 5.74) is 3.69. The minimum Gasteiger partial charge on any atom is -0.368 e. The van der Waals surface area contributed by atoms with E-state index in [-0.39, 0.29) is 0 Å². The number of benzene rings is 3. The van der Waals surface area contributed by atoms with Gasteiger partial charge in [-0.1, -0.05) is 54.6 Å². The van der Waals surface area contributed by atoms with Gasteiger partial charge in [0.05, 0.1) is 6.54 Å². The fraction of sp³-hybridized carbons (Fsp3) is 0.105. The van der Waals surface area contributed by atoms with Crippen LogP contribution >= 0.6 is 0 Å². The molecule has 0 aromatic heterocycles. The molecule has 0 amide bonds. The van der Waals surface area contributed by atoms with Gasteiger partial charge in [-0.25, -0.2) is 0 Å². The van der Waals surface area contributed by atoms with Crippen molar-refractivity contribution in [3.63, 3.8) is 0 Å². The highest BCUT2D eigenvalue weighted by atomic mass is 15.1. The number of nitrogens with zero attached hydrogens (tertiary/aromatic N) is 1. The van der Waals surface area contributed by atoms with Crippen molar-refractivity contribution in [3.8, 4) is 11.1 Å². The van der Waals surface area contributed by atoms with Gasteiger partial charge in [-0.2, -0.15) is 0 Å². The van der Waals surface area contributed by atoms with Crippen LogP contribution in [0.15, 0.2) is 71.7 Å². The van der Waals surface area contributed by atoms with E-state index in [1.165, 1.54) is 27.5 Å². The first-order chi connectivity index (χ1) is 10.4. The second-order valence-corrected chi connectivity index (χ2v) is 5.30. The molecule has 0 aliphatic carbocycles. The van der Waals surface area contributed by atoms with Crippen LogP contribution in [0.25, 0.3) is 21.9 Å². The van der Waals surface area contributed by atoms with E-state index in [1.807, 2.05) is 6.07 Å². The third kappa shape index (κ3) is 2.29. The van der Waals surface area contributed by atoms with E-state index in [0.717, 1.165) is 18.9 Å². The third-order valence-electron chi connectivity index (χ3n) is 3.89. The number of aliphatic imine (C=N–C) groups is 1. The Balaban J connectivity index is 1.78. The van der Waals surface area contributed by atoms with E-state index in [9.17, 15) is 0 Å². The number of fused-ring (bicyclic) bond motifs is 1. The van der Waals surface area contributed by atoms with Crippen LogP contribution in [-0.2, 0) is 0 Å². The van der Waals surface area contributed by atoms with Crippen LogP contribution in [0.1, 0.15) is 5.56 Å². The number of nitrogens with one attached hydrogen (secondary N) is 1. The molecule has 21 heavy (non-hydrogen) atoms. The number of hydrogen-bond acceptors (Lipinski definition) is 2. The molecule has 2 nitrogen and oxygen atoms in total. The predicted molar refractivity (Wildman–Crippen MR) is 88.8 cm³/mol. The van der Waals surface area contributed by atoms with Gasteiger partial charge in [0.2, 0.25) is 0 Å². The molecule has 3 aromatic carbocycles. The van der Waals surface area contributed by atoms with E-state index >= 15 is 0 Å². The number of amidine groups is 1. The zero-order valence-electron chi connectivity index (χ0n) is 11.7. The smallest absolute Gasteiger partial charge is 0.128 e. The summed E-state index contributed by atoms with van der Waals surface area (Å²) in [6.45, 7) is 1.82. The molecule has 1 N–H and O–H groups in total. The van der Waals surface area contributed by atoms with Crippen molar-refractivity contribution in [2.75, 3.05) is 13.1 Å². The predicted octanol–water partition coefficient (Wildman–Crippen LogP) is 3.86. The molecule has 0 saturated heterocycles. The van der Waals surface area contributed by atoms with Crippen LogP contribution < -0.4 is 5.32 Å². The summed E-state index contributed by atoms with van der Waals surface area (Å²) >= 11 is 0. The summed E-state index contributed by atoms with van der Waals surface area (Å²) in [5, 5.41) is 5.84. The van der Waals surface area contributed by atoms with Crippen LogP contribution in [0, 0.1) is 0 Å². The lowest BCUT2D eigenvalue weighted by atomic mass is 10.00. The monoisotopic (exact) mass is 272 g/mol. The van der Waals surface area contributed by atoms with Crippen molar-refractivity contribution >= 4 is 16.6 Å². The van der Waals surface area contributed by atoms with Gasteiger partial charge >= 0.3 is 0 Å². The molecule has 0 atom stereocenters. The summed E-state index contributed by atoms with van der Waals surface area (Å²) in [7, 11) is 0. The molecule has 0 bridgehead atoms. The molecule has 4 rings (SSSR count). The van der Waals surface area contributed by atoms with Crippen molar-refractivity contribution < 1.29 is 0 Å². The molecular weight excluding hydrogens is 256 g/mol. The molecule has 0 unspecified atom stereocenters. The SMILES string of the molecule is c1ccc(-c2ccc3cc(C4=NCCN4)ccc3c2)cc1. The minimum absolute atomic E-state index is 0.875. The van der Waals surface area contributed by atoms with Crippen LogP contribution in [-0.4, -0.2) is 18.9 Å². The Bertz CT molecular complexity index is 819. The molecule has 1 aliphatic heterocycles. The maximum atomic E-state index is 4.48. The zero-order chi connectivity index (χ0) is 14.1. The molecule has 0 saturated carbocycles. The molecule has 0 radical (unpaired) electrons. The highest BCUT2D eigenvalue weighted by Crippen LogP contribution is 2.25. The third-order valence-corrected chi connectivity index (χ3v) is 3.89. The van der Waals surface area contributed by atoms with Gasteiger partial charge < -0.3 is 5.32 Å². The zero-order valence-corrected chi connectivity index (χ0v) is 11.7. The molecule has 1 heterocycles. The fourth-order valence-electron chi connectivity index (χ4n) is 2.79.